The molecule has 1 aromatic rings. The van der Waals surface area contributed by atoms with E-state index < -0.39 is 0 Å². The van der Waals surface area contributed by atoms with Crippen molar-refractivity contribution in [2.45, 2.75) is 25.3 Å². The smallest absolute Gasteiger partial charge is 0.191 e. The zero-order valence-electron chi connectivity index (χ0n) is 14.2. The Kier molecular flexibility index (Phi) is 6.35. The fraction of sp³-hybridized carbons (Fsp3) is 0.611. The highest BCUT2D eigenvalue weighted by Crippen LogP contribution is 2.24. The van der Waals surface area contributed by atoms with Crippen molar-refractivity contribution in [2.75, 3.05) is 45.9 Å². The van der Waals surface area contributed by atoms with E-state index in [4.69, 9.17) is 27.1 Å². The Labute approximate surface area is 149 Å². The summed E-state index contributed by atoms with van der Waals surface area (Å²) in [4.78, 5) is 9.37. The Morgan fingerprint density at radius 3 is 2.42 bits per heavy atom. The van der Waals surface area contributed by atoms with Crippen LogP contribution in [0.25, 0.3) is 0 Å². The molecule has 0 aliphatic carbocycles. The van der Waals surface area contributed by atoms with E-state index >= 15 is 0 Å². The van der Waals surface area contributed by atoms with E-state index in [0.29, 0.717) is 12.5 Å². The summed E-state index contributed by atoms with van der Waals surface area (Å²) in [6.45, 7) is 6.12. The Morgan fingerprint density at radius 2 is 1.75 bits per heavy atom. The second kappa shape index (κ2) is 8.70. The van der Waals surface area contributed by atoms with Gasteiger partial charge < -0.3 is 15.4 Å². The van der Waals surface area contributed by atoms with Gasteiger partial charge in [0, 0.05) is 31.2 Å². The molecule has 6 heteroatoms. The Morgan fingerprint density at radius 1 is 1.08 bits per heavy atom. The van der Waals surface area contributed by atoms with Crippen LogP contribution in [0.4, 0.5) is 0 Å². The molecule has 2 aliphatic heterocycles. The van der Waals surface area contributed by atoms with Crippen molar-refractivity contribution in [3.8, 4) is 0 Å². The van der Waals surface area contributed by atoms with Crippen molar-refractivity contribution in [1.29, 1.82) is 0 Å². The zero-order chi connectivity index (χ0) is 16.8. The molecule has 2 saturated heterocycles. The van der Waals surface area contributed by atoms with E-state index in [9.17, 15) is 0 Å². The molecular formula is C18H27ClN4O. The van der Waals surface area contributed by atoms with Gasteiger partial charge in [-0.15, -0.1) is 0 Å². The Bertz CT molecular complexity index is 536. The molecule has 132 valence electrons. The summed E-state index contributed by atoms with van der Waals surface area (Å²) < 4.78 is 5.49. The molecule has 2 aliphatic rings. The lowest BCUT2D eigenvalue weighted by Gasteiger charge is -2.34. The number of ether oxygens (including phenoxy) is 1. The summed E-state index contributed by atoms with van der Waals surface area (Å²) in [6, 6.07) is 8.29. The molecule has 5 nitrogen and oxygen atoms in total. The molecule has 0 radical (unpaired) electrons. The standard InChI is InChI=1S/C18H27ClN4O/c19-16-6-4-15(5-7-16)17(22-10-12-24-13-11-22)14-21-18(20)23-8-2-1-3-9-23/h4-7,17H,1-3,8-14H2,(H2,20,21). The van der Waals surface area contributed by atoms with Crippen molar-refractivity contribution in [1.82, 2.24) is 9.80 Å². The molecule has 1 unspecified atom stereocenters. The van der Waals surface area contributed by atoms with Crippen LogP contribution in [-0.2, 0) is 4.74 Å². The minimum absolute atomic E-state index is 0.217. The van der Waals surface area contributed by atoms with Gasteiger partial charge in [-0.2, -0.15) is 0 Å². The van der Waals surface area contributed by atoms with Gasteiger partial charge in [0.1, 0.15) is 0 Å². The maximum atomic E-state index is 6.24. The van der Waals surface area contributed by atoms with E-state index in [1.54, 1.807) is 0 Å². The predicted octanol–water partition coefficient (Wildman–Crippen LogP) is 2.51. The first-order valence-corrected chi connectivity index (χ1v) is 9.24. The monoisotopic (exact) mass is 350 g/mol. The predicted molar refractivity (Wildman–Crippen MR) is 98.5 cm³/mol. The Hall–Kier alpha value is -1.30. The van der Waals surface area contributed by atoms with Crippen molar-refractivity contribution < 1.29 is 4.74 Å². The number of halogens is 1. The molecule has 3 rings (SSSR count). The molecule has 1 atom stereocenters. The van der Waals surface area contributed by atoms with Crippen molar-refractivity contribution in [2.24, 2.45) is 10.7 Å². The highest BCUT2D eigenvalue weighted by molar-refractivity contribution is 6.30. The average molecular weight is 351 g/mol. The summed E-state index contributed by atoms with van der Waals surface area (Å²) in [5.41, 5.74) is 7.47. The van der Waals surface area contributed by atoms with Gasteiger partial charge in [-0.25, -0.2) is 0 Å². The van der Waals surface area contributed by atoms with E-state index in [-0.39, 0.29) is 6.04 Å². The second-order valence-corrected chi connectivity index (χ2v) is 6.90. The van der Waals surface area contributed by atoms with Gasteiger partial charge in [-0.1, -0.05) is 23.7 Å². The first-order chi connectivity index (χ1) is 11.7. The number of rotatable bonds is 4. The average Bonchev–Trinajstić information content (AvgIpc) is 2.65. The number of hydrogen-bond donors (Lipinski definition) is 1. The lowest BCUT2D eigenvalue weighted by molar-refractivity contribution is 0.0179. The van der Waals surface area contributed by atoms with Crippen molar-refractivity contribution in [3.63, 3.8) is 0 Å². The van der Waals surface area contributed by atoms with Crippen molar-refractivity contribution in [3.05, 3.63) is 34.9 Å². The van der Waals surface area contributed by atoms with Crippen molar-refractivity contribution >= 4 is 17.6 Å². The number of guanidine groups is 1. The number of nitrogens with two attached hydrogens (primary N) is 1. The quantitative estimate of drug-likeness (QED) is 0.669. The molecule has 0 aromatic heterocycles. The number of likely N-dealkylation sites (tertiary alicyclic amines) is 1. The van der Waals surface area contributed by atoms with Gasteiger partial charge in [0.05, 0.1) is 25.8 Å². The number of benzene rings is 1. The summed E-state index contributed by atoms with van der Waals surface area (Å²) in [7, 11) is 0. The van der Waals surface area contributed by atoms with Gasteiger partial charge in [0.15, 0.2) is 5.96 Å². The molecule has 2 heterocycles. The number of morpholine rings is 1. The third kappa shape index (κ3) is 4.62. The Balaban J connectivity index is 1.72. The van der Waals surface area contributed by atoms with Crippen LogP contribution in [0.5, 0.6) is 0 Å². The fourth-order valence-corrected chi connectivity index (χ4v) is 3.53. The lowest BCUT2D eigenvalue weighted by atomic mass is 10.0. The molecule has 2 fully saturated rings. The van der Waals surface area contributed by atoms with E-state index in [2.05, 4.69) is 21.9 Å². The van der Waals surface area contributed by atoms with Crippen LogP contribution in [0, 0.1) is 0 Å². The van der Waals surface area contributed by atoms with Gasteiger partial charge in [-0.05, 0) is 37.0 Å². The highest BCUT2D eigenvalue weighted by Gasteiger charge is 2.23. The van der Waals surface area contributed by atoms with Crippen LogP contribution in [0.3, 0.4) is 0 Å². The van der Waals surface area contributed by atoms with Crippen LogP contribution in [0.2, 0.25) is 5.02 Å². The number of aliphatic imine (C=N–C) groups is 1. The first-order valence-electron chi connectivity index (χ1n) is 8.86. The van der Waals surface area contributed by atoms with Gasteiger partial charge in [0.25, 0.3) is 0 Å². The number of nitrogens with zero attached hydrogens (tertiary/aromatic N) is 3. The van der Waals surface area contributed by atoms with E-state index in [1.807, 2.05) is 12.1 Å². The topological polar surface area (TPSA) is 54.1 Å². The molecule has 2 N–H and O–H groups in total. The minimum atomic E-state index is 0.217. The van der Waals surface area contributed by atoms with Gasteiger partial charge in [-0.3, -0.25) is 9.89 Å². The summed E-state index contributed by atoms with van der Waals surface area (Å²) >= 11 is 6.04. The molecular weight excluding hydrogens is 324 g/mol. The minimum Gasteiger partial charge on any atom is -0.379 e. The van der Waals surface area contributed by atoms with Crippen LogP contribution in [0.15, 0.2) is 29.3 Å². The first kappa shape index (κ1) is 17.5. The fourth-order valence-electron chi connectivity index (χ4n) is 3.41. The van der Waals surface area contributed by atoms with Crippen LogP contribution >= 0.6 is 11.6 Å². The van der Waals surface area contributed by atoms with E-state index in [0.717, 1.165) is 44.4 Å². The van der Waals surface area contributed by atoms with Gasteiger partial charge in [0.2, 0.25) is 0 Å². The molecule has 0 bridgehead atoms. The number of hydrogen-bond acceptors (Lipinski definition) is 3. The molecule has 0 spiro atoms. The molecule has 0 saturated carbocycles. The van der Waals surface area contributed by atoms with E-state index in [1.165, 1.54) is 24.8 Å². The maximum Gasteiger partial charge on any atom is 0.191 e. The number of piperidine rings is 1. The molecule has 1 aromatic carbocycles. The third-order valence-corrected chi connectivity index (χ3v) is 5.10. The second-order valence-electron chi connectivity index (χ2n) is 6.46. The molecule has 0 amide bonds. The lowest BCUT2D eigenvalue weighted by Crippen LogP contribution is -2.43. The molecule has 24 heavy (non-hydrogen) atoms. The van der Waals surface area contributed by atoms with Crippen LogP contribution < -0.4 is 5.73 Å². The normalized spacial score (nSPS) is 21.7. The van der Waals surface area contributed by atoms with Gasteiger partial charge >= 0.3 is 0 Å². The SMILES string of the molecule is NC(=NCC(c1ccc(Cl)cc1)N1CCOCC1)N1CCCCC1. The van der Waals surface area contributed by atoms with Crippen LogP contribution in [0.1, 0.15) is 30.9 Å². The summed E-state index contributed by atoms with van der Waals surface area (Å²) in [6.07, 6.45) is 3.71. The highest BCUT2D eigenvalue weighted by atomic mass is 35.5. The van der Waals surface area contributed by atoms with Crippen LogP contribution in [-0.4, -0.2) is 61.7 Å². The maximum absolute atomic E-state index is 6.24. The third-order valence-electron chi connectivity index (χ3n) is 4.85. The summed E-state index contributed by atoms with van der Waals surface area (Å²) in [5, 5.41) is 0.760. The summed E-state index contributed by atoms with van der Waals surface area (Å²) in [5.74, 6) is 0.682. The largest absolute Gasteiger partial charge is 0.379 e. The zero-order valence-corrected chi connectivity index (χ0v) is 14.9.